The van der Waals surface area contributed by atoms with Gasteiger partial charge in [-0.3, -0.25) is 9.59 Å². The van der Waals surface area contributed by atoms with Gasteiger partial charge in [-0.25, -0.2) is 0 Å². The van der Waals surface area contributed by atoms with Crippen LogP contribution in [-0.2, 0) is 4.79 Å². The van der Waals surface area contributed by atoms with E-state index < -0.39 is 0 Å². The Labute approximate surface area is 119 Å². The molecule has 1 N–H and O–H groups in total. The summed E-state index contributed by atoms with van der Waals surface area (Å²) in [6.45, 7) is 5.37. The predicted molar refractivity (Wildman–Crippen MR) is 75.2 cm³/mol. The van der Waals surface area contributed by atoms with Crippen LogP contribution in [0.15, 0.2) is 23.0 Å². The average molecular weight is 278 g/mol. The molecular weight excluding hydrogens is 256 g/mol. The van der Waals surface area contributed by atoms with E-state index in [2.05, 4.69) is 19.2 Å². The van der Waals surface area contributed by atoms with Crippen molar-refractivity contribution < 1.29 is 14.0 Å². The number of rotatable bonds is 4. The van der Waals surface area contributed by atoms with E-state index in [1.54, 1.807) is 11.0 Å². The Morgan fingerprint density at radius 3 is 2.90 bits per heavy atom. The summed E-state index contributed by atoms with van der Waals surface area (Å²) >= 11 is 0. The van der Waals surface area contributed by atoms with Crippen LogP contribution in [0, 0.1) is 5.92 Å². The maximum atomic E-state index is 12.4. The van der Waals surface area contributed by atoms with Crippen LogP contribution in [-0.4, -0.2) is 35.8 Å². The Morgan fingerprint density at radius 2 is 2.25 bits per heavy atom. The van der Waals surface area contributed by atoms with E-state index in [0.717, 1.165) is 19.3 Å². The quantitative estimate of drug-likeness (QED) is 0.916. The Balaban J connectivity index is 2.05. The molecule has 1 fully saturated rings. The van der Waals surface area contributed by atoms with Gasteiger partial charge in [0.25, 0.3) is 5.91 Å². The van der Waals surface area contributed by atoms with Crippen LogP contribution in [0.3, 0.4) is 0 Å². The van der Waals surface area contributed by atoms with Crippen LogP contribution in [0.4, 0.5) is 0 Å². The van der Waals surface area contributed by atoms with Crippen molar-refractivity contribution in [2.24, 2.45) is 5.92 Å². The van der Waals surface area contributed by atoms with Gasteiger partial charge in [0.1, 0.15) is 12.3 Å². The lowest BCUT2D eigenvalue weighted by Crippen LogP contribution is -2.52. The zero-order valence-electron chi connectivity index (χ0n) is 12.1. The molecule has 1 atom stereocenters. The number of furan rings is 1. The average Bonchev–Trinajstić information content (AvgIpc) is 2.98. The second-order valence-corrected chi connectivity index (χ2v) is 5.66. The highest BCUT2D eigenvalue weighted by Crippen LogP contribution is 2.20. The highest BCUT2D eigenvalue weighted by Gasteiger charge is 2.32. The number of piperidine rings is 1. The molecule has 0 aliphatic carbocycles. The fourth-order valence-corrected chi connectivity index (χ4v) is 2.42. The van der Waals surface area contributed by atoms with Crippen molar-refractivity contribution in [2.45, 2.75) is 39.2 Å². The van der Waals surface area contributed by atoms with E-state index in [1.807, 2.05) is 0 Å². The van der Waals surface area contributed by atoms with Gasteiger partial charge in [0.2, 0.25) is 5.91 Å². The van der Waals surface area contributed by atoms with Crippen LogP contribution in [0.5, 0.6) is 0 Å². The Hall–Kier alpha value is -1.78. The monoisotopic (exact) mass is 278 g/mol. The van der Waals surface area contributed by atoms with Gasteiger partial charge in [0.15, 0.2) is 0 Å². The third-order valence-electron chi connectivity index (χ3n) is 3.52. The number of hydrogen-bond donors (Lipinski definition) is 1. The molecule has 20 heavy (non-hydrogen) atoms. The lowest BCUT2D eigenvalue weighted by Gasteiger charge is -2.34. The van der Waals surface area contributed by atoms with Crippen molar-refractivity contribution in [3.8, 4) is 0 Å². The fraction of sp³-hybridized carbons (Fsp3) is 0.600. The van der Waals surface area contributed by atoms with Gasteiger partial charge in [0, 0.05) is 13.1 Å². The molecule has 1 aliphatic heterocycles. The van der Waals surface area contributed by atoms with Gasteiger partial charge < -0.3 is 14.6 Å². The van der Waals surface area contributed by atoms with Crippen molar-refractivity contribution in [1.82, 2.24) is 10.2 Å². The number of amides is 2. The first-order valence-corrected chi connectivity index (χ1v) is 7.20. The van der Waals surface area contributed by atoms with Gasteiger partial charge in [0.05, 0.1) is 11.8 Å². The zero-order valence-corrected chi connectivity index (χ0v) is 12.1. The SMILES string of the molecule is CC(C)CNC(=O)[C@H]1CCCCN1C(=O)c1ccoc1. The topological polar surface area (TPSA) is 62.6 Å². The smallest absolute Gasteiger partial charge is 0.257 e. The van der Waals surface area contributed by atoms with E-state index in [0.29, 0.717) is 24.6 Å². The van der Waals surface area contributed by atoms with E-state index in [1.165, 1.54) is 12.5 Å². The minimum atomic E-state index is -0.357. The second kappa shape index (κ2) is 6.59. The van der Waals surface area contributed by atoms with Crippen LogP contribution >= 0.6 is 0 Å². The lowest BCUT2D eigenvalue weighted by atomic mass is 10.00. The first-order chi connectivity index (χ1) is 9.59. The summed E-state index contributed by atoms with van der Waals surface area (Å²) in [5.74, 6) is 0.235. The minimum absolute atomic E-state index is 0.0461. The van der Waals surface area contributed by atoms with Crippen LogP contribution in [0.1, 0.15) is 43.5 Å². The third-order valence-corrected chi connectivity index (χ3v) is 3.52. The first-order valence-electron chi connectivity index (χ1n) is 7.20. The normalized spacial score (nSPS) is 19.1. The molecule has 0 saturated carbocycles. The summed E-state index contributed by atoms with van der Waals surface area (Å²) in [5, 5.41) is 2.93. The largest absolute Gasteiger partial charge is 0.472 e. The van der Waals surface area contributed by atoms with Gasteiger partial charge in [-0.05, 0) is 31.2 Å². The number of hydrogen-bond acceptors (Lipinski definition) is 3. The summed E-state index contributed by atoms with van der Waals surface area (Å²) in [7, 11) is 0. The number of carbonyl (C=O) groups excluding carboxylic acids is 2. The number of nitrogens with one attached hydrogen (secondary N) is 1. The van der Waals surface area contributed by atoms with Crippen molar-refractivity contribution in [3.63, 3.8) is 0 Å². The molecule has 2 amide bonds. The van der Waals surface area contributed by atoms with Gasteiger partial charge >= 0.3 is 0 Å². The summed E-state index contributed by atoms with van der Waals surface area (Å²) in [4.78, 5) is 26.3. The molecule has 0 spiro atoms. The lowest BCUT2D eigenvalue weighted by molar-refractivity contribution is -0.126. The maximum Gasteiger partial charge on any atom is 0.257 e. The fourth-order valence-electron chi connectivity index (χ4n) is 2.42. The molecule has 0 bridgehead atoms. The van der Waals surface area contributed by atoms with Crippen LogP contribution in [0.25, 0.3) is 0 Å². The zero-order chi connectivity index (χ0) is 14.5. The minimum Gasteiger partial charge on any atom is -0.472 e. The van der Waals surface area contributed by atoms with Gasteiger partial charge in [-0.2, -0.15) is 0 Å². The standard InChI is InChI=1S/C15H22N2O3/c1-11(2)9-16-14(18)13-5-3-4-7-17(13)15(19)12-6-8-20-10-12/h6,8,10-11,13H,3-5,7,9H2,1-2H3,(H,16,18)/t13-/m1/s1. The first kappa shape index (κ1) is 14.6. The van der Waals surface area contributed by atoms with Crippen molar-refractivity contribution >= 4 is 11.8 Å². The van der Waals surface area contributed by atoms with E-state index in [-0.39, 0.29) is 17.9 Å². The highest BCUT2D eigenvalue weighted by molar-refractivity contribution is 5.97. The molecule has 0 radical (unpaired) electrons. The molecule has 1 aromatic rings. The molecule has 110 valence electrons. The molecule has 2 rings (SSSR count). The molecule has 0 unspecified atom stereocenters. The van der Waals surface area contributed by atoms with Crippen LogP contribution < -0.4 is 5.32 Å². The van der Waals surface area contributed by atoms with Crippen molar-refractivity contribution in [3.05, 3.63) is 24.2 Å². The summed E-state index contributed by atoms with van der Waals surface area (Å²) < 4.78 is 4.95. The maximum absolute atomic E-state index is 12.4. The van der Waals surface area contributed by atoms with Crippen molar-refractivity contribution in [2.75, 3.05) is 13.1 Å². The number of nitrogens with zero attached hydrogens (tertiary/aromatic N) is 1. The molecule has 5 nitrogen and oxygen atoms in total. The van der Waals surface area contributed by atoms with E-state index in [4.69, 9.17) is 4.42 Å². The summed E-state index contributed by atoms with van der Waals surface area (Å²) in [5.41, 5.74) is 0.508. The molecule has 1 aromatic heterocycles. The highest BCUT2D eigenvalue weighted by atomic mass is 16.3. The third kappa shape index (κ3) is 3.40. The Bertz CT molecular complexity index is 454. The Morgan fingerprint density at radius 1 is 1.45 bits per heavy atom. The van der Waals surface area contributed by atoms with Crippen molar-refractivity contribution in [1.29, 1.82) is 0 Å². The van der Waals surface area contributed by atoms with Gasteiger partial charge in [-0.15, -0.1) is 0 Å². The predicted octanol–water partition coefficient (Wildman–Crippen LogP) is 2.05. The molecule has 1 saturated heterocycles. The van der Waals surface area contributed by atoms with Crippen LogP contribution in [0.2, 0.25) is 0 Å². The number of carbonyl (C=O) groups is 2. The molecule has 5 heteroatoms. The summed E-state index contributed by atoms with van der Waals surface area (Å²) in [6, 6.07) is 1.28. The molecule has 1 aliphatic rings. The summed E-state index contributed by atoms with van der Waals surface area (Å²) in [6.07, 6.45) is 5.56. The Kier molecular flexibility index (Phi) is 4.82. The molecular formula is C15H22N2O3. The van der Waals surface area contributed by atoms with E-state index in [9.17, 15) is 9.59 Å². The molecule has 2 heterocycles. The second-order valence-electron chi connectivity index (χ2n) is 5.66. The van der Waals surface area contributed by atoms with E-state index >= 15 is 0 Å². The molecule has 0 aromatic carbocycles. The number of likely N-dealkylation sites (tertiary alicyclic amines) is 1. The van der Waals surface area contributed by atoms with Gasteiger partial charge in [-0.1, -0.05) is 13.8 Å².